The fraction of sp³-hybridized carbons (Fsp3) is 0.0769. The number of hydrogen-bond donors (Lipinski definition) is 2. The molecule has 0 unspecified atom stereocenters. The second kappa shape index (κ2) is 6.08. The van der Waals surface area contributed by atoms with E-state index in [4.69, 9.17) is 5.11 Å². The number of nitrogens with one attached hydrogen (secondary N) is 1. The normalized spacial score (nSPS) is 11.4. The van der Waals surface area contributed by atoms with Gasteiger partial charge in [-0.2, -0.15) is 0 Å². The minimum absolute atomic E-state index is 0.0105. The van der Waals surface area contributed by atoms with Crippen molar-refractivity contribution in [2.45, 2.75) is 11.5 Å². The smallest absolute Gasteiger partial charge is 0.262 e. The lowest BCUT2D eigenvalue weighted by atomic mass is 10.2. The first-order chi connectivity index (χ1) is 9.85. The van der Waals surface area contributed by atoms with Crippen molar-refractivity contribution in [2.24, 2.45) is 0 Å². The summed E-state index contributed by atoms with van der Waals surface area (Å²) in [6.07, 6.45) is 0. The van der Waals surface area contributed by atoms with E-state index < -0.39 is 33.2 Å². The number of aliphatic hydroxyl groups excluding tert-OH is 1. The summed E-state index contributed by atoms with van der Waals surface area (Å²) >= 11 is 3.03. The van der Waals surface area contributed by atoms with Crippen LogP contribution in [0.4, 0.5) is 14.5 Å². The second-order valence-corrected chi connectivity index (χ2v) is 6.62. The third kappa shape index (κ3) is 3.39. The molecular weight excluding hydrogens is 368 g/mol. The van der Waals surface area contributed by atoms with Gasteiger partial charge in [0, 0.05) is 4.47 Å². The van der Waals surface area contributed by atoms with Gasteiger partial charge in [0.05, 0.1) is 17.2 Å². The Bertz CT molecular complexity index is 761. The molecule has 0 bridgehead atoms. The van der Waals surface area contributed by atoms with Gasteiger partial charge in [-0.15, -0.1) is 0 Å². The van der Waals surface area contributed by atoms with Gasteiger partial charge in [-0.1, -0.05) is 12.1 Å². The summed E-state index contributed by atoms with van der Waals surface area (Å²) in [7, 11) is -4.24. The maximum absolute atomic E-state index is 13.7. The number of hydrogen-bond acceptors (Lipinski definition) is 3. The lowest BCUT2D eigenvalue weighted by Gasteiger charge is -2.13. The van der Waals surface area contributed by atoms with E-state index >= 15 is 0 Å². The molecule has 0 saturated carbocycles. The first kappa shape index (κ1) is 15.9. The van der Waals surface area contributed by atoms with E-state index in [-0.39, 0.29) is 15.7 Å². The Morgan fingerprint density at radius 1 is 1.19 bits per heavy atom. The molecule has 2 rings (SSSR count). The monoisotopic (exact) mass is 377 g/mol. The number of benzene rings is 2. The molecule has 0 amide bonds. The van der Waals surface area contributed by atoms with Gasteiger partial charge in [-0.3, -0.25) is 4.72 Å². The highest BCUT2D eigenvalue weighted by Gasteiger charge is 2.21. The Morgan fingerprint density at radius 3 is 2.52 bits per heavy atom. The molecule has 0 atom stereocenters. The summed E-state index contributed by atoms with van der Waals surface area (Å²) in [4.78, 5) is -0.444. The van der Waals surface area contributed by atoms with Gasteiger partial charge in [-0.25, -0.2) is 17.2 Å². The zero-order chi connectivity index (χ0) is 15.6. The van der Waals surface area contributed by atoms with Crippen LogP contribution in [-0.4, -0.2) is 13.5 Å². The molecule has 0 saturated heterocycles. The minimum Gasteiger partial charge on any atom is -0.392 e. The molecule has 4 nitrogen and oxygen atoms in total. The zero-order valence-corrected chi connectivity index (χ0v) is 12.9. The Balaban J connectivity index is 2.51. The molecule has 0 heterocycles. The SMILES string of the molecule is O=S(=O)(Nc1c(F)cccc1Br)c1cc(F)ccc1CO. The van der Waals surface area contributed by atoms with Gasteiger partial charge < -0.3 is 5.11 Å². The van der Waals surface area contributed by atoms with E-state index in [1.165, 1.54) is 12.1 Å². The Kier molecular flexibility index (Phi) is 4.60. The maximum Gasteiger partial charge on any atom is 0.262 e. The summed E-state index contributed by atoms with van der Waals surface area (Å²) in [6, 6.07) is 6.89. The van der Waals surface area contributed by atoms with E-state index in [1.54, 1.807) is 0 Å². The predicted octanol–water partition coefficient (Wildman–Crippen LogP) is 3.02. The van der Waals surface area contributed by atoms with Crippen LogP contribution >= 0.6 is 15.9 Å². The predicted molar refractivity (Wildman–Crippen MR) is 77.2 cm³/mol. The van der Waals surface area contributed by atoms with Crippen molar-refractivity contribution < 1.29 is 22.3 Å². The molecule has 2 N–H and O–H groups in total. The lowest BCUT2D eigenvalue weighted by molar-refractivity contribution is 0.278. The van der Waals surface area contributed by atoms with Gasteiger partial charge in [-0.05, 0) is 45.8 Å². The average molecular weight is 378 g/mol. The number of halogens is 3. The van der Waals surface area contributed by atoms with Crippen molar-refractivity contribution >= 4 is 31.6 Å². The molecule has 112 valence electrons. The van der Waals surface area contributed by atoms with Gasteiger partial charge in [0.1, 0.15) is 11.6 Å². The Morgan fingerprint density at radius 2 is 1.90 bits per heavy atom. The largest absolute Gasteiger partial charge is 0.392 e. The average Bonchev–Trinajstić information content (AvgIpc) is 2.43. The van der Waals surface area contributed by atoms with Gasteiger partial charge in [0.25, 0.3) is 10.0 Å². The molecule has 0 spiro atoms. The minimum atomic E-state index is -4.24. The number of aliphatic hydroxyl groups is 1. The molecule has 2 aromatic rings. The Hall–Kier alpha value is -1.51. The molecule has 0 fully saturated rings. The lowest BCUT2D eigenvalue weighted by Crippen LogP contribution is -2.16. The van der Waals surface area contributed by atoms with Gasteiger partial charge in [0.15, 0.2) is 0 Å². The van der Waals surface area contributed by atoms with E-state index in [0.717, 1.165) is 24.3 Å². The molecule has 8 heteroatoms. The van der Waals surface area contributed by atoms with Crippen LogP contribution in [0.1, 0.15) is 5.56 Å². The fourth-order valence-electron chi connectivity index (χ4n) is 1.69. The van der Waals surface area contributed by atoms with E-state index in [9.17, 15) is 17.2 Å². The highest BCUT2D eigenvalue weighted by atomic mass is 79.9. The molecule has 0 aliphatic rings. The molecule has 0 aliphatic carbocycles. The molecule has 0 aliphatic heterocycles. The van der Waals surface area contributed by atoms with Crippen LogP contribution < -0.4 is 4.72 Å². The quantitative estimate of drug-likeness (QED) is 0.860. The topological polar surface area (TPSA) is 66.4 Å². The summed E-state index contributed by atoms with van der Waals surface area (Å²) < 4.78 is 53.7. The van der Waals surface area contributed by atoms with Crippen molar-refractivity contribution in [1.29, 1.82) is 0 Å². The summed E-state index contributed by atoms with van der Waals surface area (Å²) in [5.74, 6) is -1.56. The van der Waals surface area contributed by atoms with Crippen molar-refractivity contribution in [2.75, 3.05) is 4.72 Å². The zero-order valence-electron chi connectivity index (χ0n) is 10.5. The van der Waals surface area contributed by atoms with Crippen molar-refractivity contribution in [3.8, 4) is 0 Å². The maximum atomic E-state index is 13.7. The van der Waals surface area contributed by atoms with Crippen LogP contribution in [0.5, 0.6) is 0 Å². The van der Waals surface area contributed by atoms with Crippen LogP contribution in [0.15, 0.2) is 45.8 Å². The molecule has 21 heavy (non-hydrogen) atoms. The van der Waals surface area contributed by atoms with E-state index in [1.807, 2.05) is 4.72 Å². The standard InChI is InChI=1S/C13H10BrF2NO3S/c14-10-2-1-3-11(16)13(10)17-21(19,20)12-6-9(15)5-4-8(12)7-18/h1-6,17-18H,7H2. The highest BCUT2D eigenvalue weighted by molar-refractivity contribution is 9.10. The Labute approximate surface area is 128 Å². The van der Waals surface area contributed by atoms with Crippen LogP contribution in [-0.2, 0) is 16.6 Å². The van der Waals surface area contributed by atoms with Crippen LogP contribution in [0, 0.1) is 11.6 Å². The summed E-state index contributed by atoms with van der Waals surface area (Å²) in [5.41, 5.74) is -0.276. The molecule has 0 aromatic heterocycles. The molecular formula is C13H10BrF2NO3S. The van der Waals surface area contributed by atoms with E-state index in [0.29, 0.717) is 0 Å². The third-order valence-corrected chi connectivity index (χ3v) is 4.78. The number of rotatable bonds is 4. The van der Waals surface area contributed by atoms with Crippen LogP contribution in [0.2, 0.25) is 0 Å². The van der Waals surface area contributed by atoms with Crippen LogP contribution in [0.3, 0.4) is 0 Å². The van der Waals surface area contributed by atoms with E-state index in [2.05, 4.69) is 15.9 Å². The highest BCUT2D eigenvalue weighted by Crippen LogP contribution is 2.28. The van der Waals surface area contributed by atoms with Crippen LogP contribution in [0.25, 0.3) is 0 Å². The fourth-order valence-corrected chi connectivity index (χ4v) is 3.60. The van der Waals surface area contributed by atoms with Crippen molar-refractivity contribution in [1.82, 2.24) is 0 Å². The summed E-state index contributed by atoms with van der Waals surface area (Å²) in [6.45, 7) is -0.588. The number of para-hydroxylation sites is 1. The second-order valence-electron chi connectivity index (χ2n) is 4.11. The van der Waals surface area contributed by atoms with Crippen molar-refractivity contribution in [3.05, 3.63) is 58.1 Å². The third-order valence-electron chi connectivity index (χ3n) is 2.69. The van der Waals surface area contributed by atoms with Gasteiger partial charge >= 0.3 is 0 Å². The molecule has 2 aromatic carbocycles. The number of sulfonamides is 1. The van der Waals surface area contributed by atoms with Gasteiger partial charge in [0.2, 0.25) is 0 Å². The first-order valence-corrected chi connectivity index (χ1v) is 7.99. The summed E-state index contributed by atoms with van der Waals surface area (Å²) in [5, 5.41) is 9.15. The number of anilines is 1. The first-order valence-electron chi connectivity index (χ1n) is 5.71. The van der Waals surface area contributed by atoms with Crippen molar-refractivity contribution in [3.63, 3.8) is 0 Å². The molecule has 0 radical (unpaired) electrons.